The molecule has 0 saturated carbocycles. The van der Waals surface area contributed by atoms with Crippen LogP contribution in [0.4, 0.5) is 0 Å². The Morgan fingerprint density at radius 2 is 0.477 bits per heavy atom. The van der Waals surface area contributed by atoms with Gasteiger partial charge in [-0.25, -0.2) is 0 Å². The molecule has 0 spiro atoms. The summed E-state index contributed by atoms with van der Waals surface area (Å²) in [5, 5.41) is 0. The number of carbonyl (C=O) groups is 2. The molecular formula is C80H138Br2N2O2S2. The highest BCUT2D eigenvalue weighted by molar-refractivity contribution is 9.11. The molecule has 0 fully saturated rings. The standard InChI is InChI=1S/C80H138Br2N2O2S2/c1-5-9-13-17-21-25-29-31-35-39-43-51-59-69(57-49-41-37-33-27-23-19-15-11-7-3)61-53-45-47-55-67-83-77(71-63-65-73(81)87-71)75-76(79(83)85)78(72-64-66-74(82)88-72)84(80(75)86)68-56-48-46-54-62-70(58-50-42-38-34-28-24-20-16-12-8-4)60-52-44-40-36-32-30-26-22-18-14-10-6-2/h63-66,69-70H,5-62,67-68H2,1-4H3. The average molecular weight is 1380 g/mol. The quantitative estimate of drug-likeness (QED) is 0.0619. The number of halogens is 2. The highest BCUT2D eigenvalue weighted by Crippen LogP contribution is 2.49. The van der Waals surface area contributed by atoms with Gasteiger partial charge in [0.15, 0.2) is 0 Å². The Labute approximate surface area is 570 Å². The largest absolute Gasteiger partial charge is 0.306 e. The van der Waals surface area contributed by atoms with E-state index in [9.17, 15) is 0 Å². The Balaban J connectivity index is 1.29. The first-order valence-electron chi connectivity index (χ1n) is 39.0. The van der Waals surface area contributed by atoms with Crippen LogP contribution < -0.4 is 0 Å². The molecule has 2 aromatic heterocycles. The second-order valence-corrected chi connectivity index (χ2v) is 32.9. The van der Waals surface area contributed by atoms with Crippen LogP contribution in [0.25, 0.3) is 11.4 Å². The summed E-state index contributed by atoms with van der Waals surface area (Å²) in [7, 11) is 0. The van der Waals surface area contributed by atoms with Crippen LogP contribution in [-0.4, -0.2) is 34.7 Å². The number of hydrogen-bond donors (Lipinski definition) is 0. The second kappa shape index (κ2) is 54.1. The van der Waals surface area contributed by atoms with E-state index in [1.807, 2.05) is 9.80 Å². The van der Waals surface area contributed by atoms with Crippen molar-refractivity contribution in [1.29, 1.82) is 0 Å². The molecule has 4 rings (SSSR count). The minimum absolute atomic E-state index is 0.0190. The first kappa shape index (κ1) is 79.2. The maximum Gasteiger partial charge on any atom is 0.261 e. The van der Waals surface area contributed by atoms with E-state index < -0.39 is 0 Å². The SMILES string of the molecule is CCCCCCCCCCCCCCC(CCCCCCCCCCCC)CCCCCCN1C(=O)C2=C(c3ccc(Br)s3)N(CCCCCCC(CCCCCCCCCCCC)CCCCCCCCCCCCCC)C(=O)C2=C1c1ccc(Br)s1. The van der Waals surface area contributed by atoms with E-state index in [1.165, 1.54) is 347 Å². The Morgan fingerprint density at radius 3 is 0.670 bits per heavy atom. The van der Waals surface area contributed by atoms with Gasteiger partial charge in [0, 0.05) is 13.1 Å². The monoisotopic (exact) mass is 1380 g/mol. The van der Waals surface area contributed by atoms with Crippen molar-refractivity contribution >= 4 is 77.7 Å². The van der Waals surface area contributed by atoms with Crippen molar-refractivity contribution in [3.8, 4) is 0 Å². The summed E-state index contributed by atoms with van der Waals surface area (Å²) < 4.78 is 2.06. The normalized spacial score (nSPS) is 14.3. The lowest BCUT2D eigenvalue weighted by Crippen LogP contribution is -2.30. The first-order valence-corrected chi connectivity index (χ1v) is 42.2. The number of carbonyl (C=O) groups excluding carboxylic acids is 2. The molecule has 2 aromatic rings. The van der Waals surface area contributed by atoms with E-state index in [-0.39, 0.29) is 11.8 Å². The van der Waals surface area contributed by atoms with E-state index in [2.05, 4.69) is 83.8 Å². The molecule has 0 aromatic carbocycles. The van der Waals surface area contributed by atoms with Crippen LogP contribution in [0.1, 0.15) is 410 Å². The lowest BCUT2D eigenvalue weighted by Gasteiger charge is -2.24. The summed E-state index contributed by atoms with van der Waals surface area (Å²) in [5.41, 5.74) is 2.96. The summed E-state index contributed by atoms with van der Waals surface area (Å²) in [6.07, 6.45) is 79.8. The third kappa shape index (κ3) is 34.8. The topological polar surface area (TPSA) is 40.6 Å². The van der Waals surface area contributed by atoms with Crippen molar-refractivity contribution in [1.82, 2.24) is 9.80 Å². The average Bonchev–Trinajstić information content (AvgIpc) is 1.58. The van der Waals surface area contributed by atoms with Crippen LogP contribution in [0, 0.1) is 11.8 Å². The van der Waals surface area contributed by atoms with E-state index in [4.69, 9.17) is 0 Å². The van der Waals surface area contributed by atoms with Gasteiger partial charge in [-0.1, -0.05) is 387 Å². The van der Waals surface area contributed by atoms with Gasteiger partial charge < -0.3 is 9.80 Å². The van der Waals surface area contributed by atoms with Crippen LogP contribution in [0.2, 0.25) is 0 Å². The van der Waals surface area contributed by atoms with Crippen LogP contribution in [0.5, 0.6) is 0 Å². The van der Waals surface area contributed by atoms with E-state index >= 15 is 9.59 Å². The molecule has 4 nitrogen and oxygen atoms in total. The number of amides is 2. The van der Waals surface area contributed by atoms with Crippen molar-refractivity contribution in [2.75, 3.05) is 13.1 Å². The predicted octanol–water partition coefficient (Wildman–Crippen LogP) is 29.1. The van der Waals surface area contributed by atoms with Gasteiger partial charge in [0.05, 0.1) is 39.9 Å². The van der Waals surface area contributed by atoms with Crippen LogP contribution in [0.3, 0.4) is 0 Å². The molecule has 2 atom stereocenters. The molecule has 2 aliphatic heterocycles. The molecule has 2 unspecified atom stereocenters. The summed E-state index contributed by atoms with van der Waals surface area (Å²) >= 11 is 10.8. The maximum atomic E-state index is 15.1. The molecule has 2 amide bonds. The molecule has 506 valence electrons. The molecule has 0 saturated heterocycles. The number of unbranched alkanes of at least 4 members (excludes halogenated alkanes) is 46. The number of hydrogen-bond acceptors (Lipinski definition) is 4. The Kier molecular flexibility index (Phi) is 48.7. The fourth-order valence-electron chi connectivity index (χ4n) is 14.6. The van der Waals surface area contributed by atoms with Gasteiger partial charge in [0.1, 0.15) is 0 Å². The fourth-order valence-corrected chi connectivity index (χ4v) is 17.5. The lowest BCUT2D eigenvalue weighted by molar-refractivity contribution is -0.124. The van der Waals surface area contributed by atoms with Crippen molar-refractivity contribution in [2.45, 2.75) is 400 Å². The summed E-state index contributed by atoms with van der Waals surface area (Å²) in [5.74, 6) is 1.75. The third-order valence-corrected chi connectivity index (χ3v) is 23.4. The molecule has 8 heteroatoms. The van der Waals surface area contributed by atoms with E-state index in [1.54, 1.807) is 22.7 Å². The predicted molar refractivity (Wildman–Crippen MR) is 399 cm³/mol. The van der Waals surface area contributed by atoms with Gasteiger partial charge in [0.2, 0.25) is 0 Å². The highest BCUT2D eigenvalue weighted by atomic mass is 79.9. The zero-order valence-corrected chi connectivity index (χ0v) is 63.0. The van der Waals surface area contributed by atoms with Crippen molar-refractivity contribution in [2.24, 2.45) is 11.8 Å². The number of thiophene rings is 2. The Bertz CT molecular complexity index is 1930. The van der Waals surface area contributed by atoms with Gasteiger partial charge in [0.25, 0.3) is 11.8 Å². The van der Waals surface area contributed by atoms with E-state index in [0.29, 0.717) is 24.2 Å². The highest BCUT2D eigenvalue weighted by Gasteiger charge is 2.49. The van der Waals surface area contributed by atoms with E-state index in [0.717, 1.165) is 66.2 Å². The van der Waals surface area contributed by atoms with Gasteiger partial charge in [-0.3, -0.25) is 9.59 Å². The van der Waals surface area contributed by atoms with Gasteiger partial charge in [-0.2, -0.15) is 0 Å². The summed E-state index contributed by atoms with van der Waals surface area (Å²) in [6, 6.07) is 8.39. The summed E-state index contributed by atoms with van der Waals surface area (Å²) in [6.45, 7) is 10.6. The minimum atomic E-state index is 0.0190. The Hall–Kier alpha value is -1.22. The van der Waals surface area contributed by atoms with Gasteiger partial charge in [-0.15, -0.1) is 22.7 Å². The minimum Gasteiger partial charge on any atom is -0.306 e. The van der Waals surface area contributed by atoms with Crippen molar-refractivity contribution in [3.63, 3.8) is 0 Å². The molecule has 0 radical (unpaired) electrons. The molecule has 0 aliphatic carbocycles. The van der Waals surface area contributed by atoms with Gasteiger partial charge >= 0.3 is 0 Å². The maximum absolute atomic E-state index is 15.1. The van der Waals surface area contributed by atoms with Crippen molar-refractivity contribution < 1.29 is 9.59 Å². The van der Waals surface area contributed by atoms with Crippen LogP contribution in [-0.2, 0) is 9.59 Å². The lowest BCUT2D eigenvalue weighted by atomic mass is 9.89. The molecular weight excluding hydrogens is 1240 g/mol. The third-order valence-electron chi connectivity index (χ3n) is 20.1. The summed E-state index contributed by atoms with van der Waals surface area (Å²) in [4.78, 5) is 36.2. The molecule has 2 aliphatic rings. The number of nitrogens with zero attached hydrogens (tertiary/aromatic N) is 2. The van der Waals surface area contributed by atoms with Gasteiger partial charge in [-0.05, 0) is 80.8 Å². The first-order chi connectivity index (χ1) is 43.3. The second-order valence-electron chi connectivity index (χ2n) is 28.0. The van der Waals surface area contributed by atoms with Crippen LogP contribution in [0.15, 0.2) is 43.0 Å². The molecule has 0 N–H and O–H groups in total. The molecule has 0 bridgehead atoms. The zero-order valence-electron chi connectivity index (χ0n) is 58.2. The molecule has 4 heterocycles. The fraction of sp³-hybridized carbons (Fsp3) is 0.825. The number of fused-ring (bicyclic) bond motifs is 1. The Morgan fingerprint density at radius 1 is 0.284 bits per heavy atom. The van der Waals surface area contributed by atoms with Crippen molar-refractivity contribution in [3.05, 3.63) is 52.7 Å². The smallest absolute Gasteiger partial charge is 0.261 e. The number of rotatable bonds is 64. The zero-order chi connectivity index (χ0) is 62.8. The molecule has 88 heavy (non-hydrogen) atoms. The van der Waals surface area contributed by atoms with Crippen LogP contribution >= 0.6 is 54.5 Å².